The van der Waals surface area contributed by atoms with E-state index in [1.54, 1.807) is 0 Å². The molecular formula is C13H20BrClN2O. The number of hydrogen-bond acceptors (Lipinski definition) is 3. The third-order valence-electron chi connectivity index (χ3n) is 2.99. The molecule has 0 spiro atoms. The maximum atomic E-state index is 9.01. The van der Waals surface area contributed by atoms with Crippen molar-refractivity contribution in [3.63, 3.8) is 0 Å². The van der Waals surface area contributed by atoms with Gasteiger partial charge < -0.3 is 16.2 Å². The molecule has 0 aliphatic heterocycles. The lowest BCUT2D eigenvalue weighted by atomic mass is 10.0. The van der Waals surface area contributed by atoms with Crippen molar-refractivity contribution >= 4 is 27.5 Å². The van der Waals surface area contributed by atoms with Crippen LogP contribution in [0.25, 0.3) is 0 Å². The quantitative estimate of drug-likeness (QED) is 0.718. The highest BCUT2D eigenvalue weighted by atomic mass is 79.9. The number of benzene rings is 1. The van der Waals surface area contributed by atoms with E-state index >= 15 is 0 Å². The molecule has 0 aliphatic rings. The molecule has 0 saturated carbocycles. The molecule has 3 nitrogen and oxygen atoms in total. The van der Waals surface area contributed by atoms with E-state index in [2.05, 4.69) is 28.2 Å². The van der Waals surface area contributed by atoms with Gasteiger partial charge in [0, 0.05) is 29.7 Å². The normalized spacial score (nSPS) is 14.5. The predicted molar refractivity (Wildman–Crippen MR) is 79.9 cm³/mol. The van der Waals surface area contributed by atoms with E-state index in [-0.39, 0.29) is 18.7 Å². The fourth-order valence-electron chi connectivity index (χ4n) is 1.88. The van der Waals surface area contributed by atoms with E-state index in [4.69, 9.17) is 22.4 Å². The van der Waals surface area contributed by atoms with Crippen LogP contribution in [-0.2, 0) is 0 Å². The second-order valence-corrected chi connectivity index (χ2v) is 5.51. The molecule has 0 amide bonds. The molecule has 0 fully saturated rings. The highest BCUT2D eigenvalue weighted by molar-refractivity contribution is 9.10. The zero-order chi connectivity index (χ0) is 13.5. The Morgan fingerprint density at radius 2 is 2.22 bits per heavy atom. The molecule has 0 bridgehead atoms. The maximum Gasteiger partial charge on any atom is 0.0551 e. The summed E-state index contributed by atoms with van der Waals surface area (Å²) in [5.74, 6) is 0. The third kappa shape index (κ3) is 4.52. The van der Waals surface area contributed by atoms with Crippen LogP contribution in [0, 0.1) is 0 Å². The Bertz CT molecular complexity index is 376. The number of aliphatic hydroxyl groups is 1. The van der Waals surface area contributed by atoms with Gasteiger partial charge in [-0.3, -0.25) is 0 Å². The highest BCUT2D eigenvalue weighted by Gasteiger charge is 2.15. The summed E-state index contributed by atoms with van der Waals surface area (Å²) in [5, 5.41) is 13.1. The molecule has 2 atom stereocenters. The number of nitrogens with two attached hydrogens (primary N) is 1. The fraction of sp³-hybridized carbons (Fsp3) is 0.538. The van der Waals surface area contributed by atoms with Crippen molar-refractivity contribution in [1.29, 1.82) is 0 Å². The SMILES string of the molecule is CCC(CCO)NC(CN)c1ccc(Br)c(Cl)c1. The van der Waals surface area contributed by atoms with Gasteiger partial charge in [-0.1, -0.05) is 24.6 Å². The standard InChI is InChI=1S/C13H20BrClN2O/c1-2-10(5-6-18)17-13(8-16)9-3-4-11(14)12(15)7-9/h3-4,7,10,13,17-18H,2,5-6,8,16H2,1H3. The zero-order valence-corrected chi connectivity index (χ0v) is 12.8. The summed E-state index contributed by atoms with van der Waals surface area (Å²) in [6.07, 6.45) is 1.69. The molecule has 0 radical (unpaired) electrons. The van der Waals surface area contributed by atoms with Crippen LogP contribution in [0.4, 0.5) is 0 Å². The summed E-state index contributed by atoms with van der Waals surface area (Å²) in [4.78, 5) is 0. The topological polar surface area (TPSA) is 58.3 Å². The molecular weight excluding hydrogens is 316 g/mol. The molecule has 5 heteroatoms. The van der Waals surface area contributed by atoms with Gasteiger partial charge in [-0.05, 0) is 46.5 Å². The summed E-state index contributed by atoms with van der Waals surface area (Å²) in [5.41, 5.74) is 6.88. The molecule has 0 aliphatic carbocycles. The Labute approximate surface area is 122 Å². The van der Waals surface area contributed by atoms with Gasteiger partial charge in [-0.25, -0.2) is 0 Å². The molecule has 102 valence electrons. The average molecular weight is 336 g/mol. The van der Waals surface area contributed by atoms with Crippen LogP contribution in [0.5, 0.6) is 0 Å². The van der Waals surface area contributed by atoms with Gasteiger partial charge in [0.15, 0.2) is 0 Å². The Hall–Kier alpha value is -0.130. The van der Waals surface area contributed by atoms with Gasteiger partial charge in [-0.2, -0.15) is 0 Å². The van der Waals surface area contributed by atoms with Gasteiger partial charge in [-0.15, -0.1) is 0 Å². The number of hydrogen-bond donors (Lipinski definition) is 3. The number of rotatable bonds is 7. The molecule has 0 saturated heterocycles. The van der Waals surface area contributed by atoms with Crippen molar-refractivity contribution in [2.75, 3.05) is 13.2 Å². The van der Waals surface area contributed by atoms with Crippen molar-refractivity contribution in [3.05, 3.63) is 33.3 Å². The maximum absolute atomic E-state index is 9.01. The Kier molecular flexibility index (Phi) is 7.19. The van der Waals surface area contributed by atoms with Gasteiger partial charge in [0.25, 0.3) is 0 Å². The molecule has 0 heterocycles. The van der Waals surface area contributed by atoms with Gasteiger partial charge in [0.2, 0.25) is 0 Å². The summed E-state index contributed by atoms with van der Waals surface area (Å²) < 4.78 is 0.881. The van der Waals surface area contributed by atoms with Crippen molar-refractivity contribution in [1.82, 2.24) is 5.32 Å². The van der Waals surface area contributed by atoms with Crippen molar-refractivity contribution in [3.8, 4) is 0 Å². The van der Waals surface area contributed by atoms with Crippen LogP contribution in [0.3, 0.4) is 0 Å². The number of aliphatic hydroxyl groups excluding tert-OH is 1. The van der Waals surface area contributed by atoms with E-state index in [0.29, 0.717) is 11.6 Å². The largest absolute Gasteiger partial charge is 0.396 e. The van der Waals surface area contributed by atoms with Crippen LogP contribution >= 0.6 is 27.5 Å². The van der Waals surface area contributed by atoms with E-state index in [9.17, 15) is 0 Å². The minimum Gasteiger partial charge on any atom is -0.396 e. The molecule has 1 aromatic carbocycles. The summed E-state index contributed by atoms with van der Waals surface area (Å²) in [6, 6.07) is 6.18. The first-order chi connectivity index (χ1) is 8.62. The molecule has 1 aromatic rings. The Morgan fingerprint density at radius 3 is 2.72 bits per heavy atom. The number of nitrogens with one attached hydrogen (secondary N) is 1. The van der Waals surface area contributed by atoms with Crippen molar-refractivity contribution in [2.45, 2.75) is 31.8 Å². The van der Waals surface area contributed by atoms with E-state index in [1.807, 2.05) is 18.2 Å². The van der Waals surface area contributed by atoms with Gasteiger partial charge in [0.05, 0.1) is 5.02 Å². The third-order valence-corrected chi connectivity index (χ3v) is 4.22. The monoisotopic (exact) mass is 334 g/mol. The molecule has 2 unspecified atom stereocenters. The molecule has 4 N–H and O–H groups in total. The number of halogens is 2. The van der Waals surface area contributed by atoms with Gasteiger partial charge in [0.1, 0.15) is 0 Å². The highest BCUT2D eigenvalue weighted by Crippen LogP contribution is 2.26. The molecule has 1 rings (SSSR count). The Morgan fingerprint density at radius 1 is 1.50 bits per heavy atom. The summed E-state index contributed by atoms with van der Waals surface area (Å²) in [6.45, 7) is 2.78. The molecule has 18 heavy (non-hydrogen) atoms. The van der Waals surface area contributed by atoms with E-state index < -0.39 is 0 Å². The van der Waals surface area contributed by atoms with E-state index in [1.165, 1.54) is 0 Å². The van der Waals surface area contributed by atoms with Crippen LogP contribution in [0.1, 0.15) is 31.4 Å². The lowest BCUT2D eigenvalue weighted by molar-refractivity contribution is 0.256. The smallest absolute Gasteiger partial charge is 0.0551 e. The Balaban J connectivity index is 2.78. The summed E-state index contributed by atoms with van der Waals surface area (Å²) >= 11 is 9.46. The molecule has 0 aromatic heterocycles. The predicted octanol–water partition coefficient (Wildman–Crippen LogP) is 2.85. The van der Waals surface area contributed by atoms with Gasteiger partial charge >= 0.3 is 0 Å². The first-order valence-corrected chi connectivity index (χ1v) is 7.31. The minimum atomic E-state index is 0.0621. The first-order valence-electron chi connectivity index (χ1n) is 6.14. The zero-order valence-electron chi connectivity index (χ0n) is 10.5. The average Bonchev–Trinajstić information content (AvgIpc) is 2.38. The minimum absolute atomic E-state index is 0.0621. The first kappa shape index (κ1) is 15.9. The fourth-order valence-corrected chi connectivity index (χ4v) is 2.31. The second kappa shape index (κ2) is 8.12. The van der Waals surface area contributed by atoms with Crippen LogP contribution in [0.15, 0.2) is 22.7 Å². The van der Waals surface area contributed by atoms with Crippen LogP contribution in [0.2, 0.25) is 5.02 Å². The van der Waals surface area contributed by atoms with Crippen molar-refractivity contribution in [2.24, 2.45) is 5.73 Å². The van der Waals surface area contributed by atoms with Crippen molar-refractivity contribution < 1.29 is 5.11 Å². The van der Waals surface area contributed by atoms with E-state index in [0.717, 1.165) is 22.9 Å². The van der Waals surface area contributed by atoms with Crippen LogP contribution in [-0.4, -0.2) is 24.3 Å². The van der Waals surface area contributed by atoms with Crippen LogP contribution < -0.4 is 11.1 Å². The second-order valence-electron chi connectivity index (χ2n) is 4.25. The lowest BCUT2D eigenvalue weighted by Crippen LogP contribution is -2.37. The summed E-state index contributed by atoms with van der Waals surface area (Å²) in [7, 11) is 0. The lowest BCUT2D eigenvalue weighted by Gasteiger charge is -2.24.